The van der Waals surface area contributed by atoms with Gasteiger partial charge < -0.3 is 20.9 Å². The minimum atomic E-state index is -1.02. The second kappa shape index (κ2) is 6.26. The number of hydrogen-bond acceptors (Lipinski definition) is 4. The molecule has 0 aliphatic rings. The number of nitrogen functional groups attached to an aromatic ring is 1. The lowest BCUT2D eigenvalue weighted by atomic mass is 10.1. The summed E-state index contributed by atoms with van der Waals surface area (Å²) in [5, 5.41) is 12.2. The molecule has 0 saturated carbocycles. The maximum absolute atomic E-state index is 11.0. The molecular formula is C13H20N2O3. The van der Waals surface area contributed by atoms with Gasteiger partial charge in [0.1, 0.15) is 0 Å². The molecule has 1 aromatic rings. The molecular weight excluding hydrogens is 232 g/mol. The highest BCUT2D eigenvalue weighted by Gasteiger charge is 2.12. The van der Waals surface area contributed by atoms with E-state index in [1.807, 2.05) is 19.9 Å². The van der Waals surface area contributed by atoms with Crippen LogP contribution >= 0.6 is 0 Å². The maximum atomic E-state index is 11.0. The summed E-state index contributed by atoms with van der Waals surface area (Å²) < 4.78 is 5.39. The van der Waals surface area contributed by atoms with E-state index in [9.17, 15) is 4.79 Å². The largest absolute Gasteiger partial charge is 0.478 e. The van der Waals surface area contributed by atoms with Crippen LogP contribution in [0.2, 0.25) is 0 Å². The summed E-state index contributed by atoms with van der Waals surface area (Å²) in [6, 6.07) is 3.38. The molecule has 1 rings (SSSR count). The van der Waals surface area contributed by atoms with Gasteiger partial charge in [0.15, 0.2) is 0 Å². The average molecular weight is 252 g/mol. The van der Waals surface area contributed by atoms with Gasteiger partial charge in [0.2, 0.25) is 0 Å². The van der Waals surface area contributed by atoms with Crippen molar-refractivity contribution in [3.63, 3.8) is 0 Å². The molecule has 0 radical (unpaired) electrons. The van der Waals surface area contributed by atoms with Gasteiger partial charge in [-0.15, -0.1) is 0 Å². The minimum Gasteiger partial charge on any atom is -0.478 e. The van der Waals surface area contributed by atoms with E-state index in [-0.39, 0.29) is 11.7 Å². The monoisotopic (exact) mass is 252 g/mol. The zero-order valence-corrected chi connectivity index (χ0v) is 11.0. The summed E-state index contributed by atoms with van der Waals surface area (Å²) >= 11 is 0. The number of carbonyl (C=O) groups is 1. The number of aryl methyl sites for hydroxylation is 1. The number of rotatable bonds is 6. The summed E-state index contributed by atoms with van der Waals surface area (Å²) in [5.41, 5.74) is 7.65. The number of benzene rings is 1. The first kappa shape index (κ1) is 14.3. The number of nitrogens with one attached hydrogen (secondary N) is 1. The summed E-state index contributed by atoms with van der Waals surface area (Å²) in [6.45, 7) is 6.96. The molecule has 0 bridgehead atoms. The van der Waals surface area contributed by atoms with Gasteiger partial charge in [-0.3, -0.25) is 0 Å². The third-order valence-corrected chi connectivity index (χ3v) is 2.66. The van der Waals surface area contributed by atoms with Gasteiger partial charge in [0.05, 0.1) is 11.7 Å². The van der Waals surface area contributed by atoms with E-state index in [4.69, 9.17) is 15.6 Å². The van der Waals surface area contributed by atoms with Crippen molar-refractivity contribution in [3.8, 4) is 0 Å². The second-order valence-electron chi connectivity index (χ2n) is 4.21. The summed E-state index contributed by atoms with van der Waals surface area (Å²) in [7, 11) is 0. The average Bonchev–Trinajstić information content (AvgIpc) is 2.30. The van der Waals surface area contributed by atoms with Crippen LogP contribution in [0.5, 0.6) is 0 Å². The Kier molecular flexibility index (Phi) is 4.97. The fraction of sp³-hybridized carbons (Fsp3) is 0.462. The molecule has 5 heteroatoms. The highest BCUT2D eigenvalue weighted by Crippen LogP contribution is 2.22. The van der Waals surface area contributed by atoms with E-state index in [1.165, 1.54) is 0 Å². The first-order chi connectivity index (χ1) is 8.45. The van der Waals surface area contributed by atoms with Crippen LogP contribution in [0.15, 0.2) is 12.1 Å². The van der Waals surface area contributed by atoms with Crippen LogP contribution in [0.4, 0.5) is 11.4 Å². The van der Waals surface area contributed by atoms with Crippen molar-refractivity contribution in [2.45, 2.75) is 26.9 Å². The summed E-state index contributed by atoms with van der Waals surface area (Å²) in [5.74, 6) is -1.02. The number of carboxylic acids is 1. The SMILES string of the molecule is CCOC(C)CNc1cc(C)c(N)c(C(=O)O)c1. The summed E-state index contributed by atoms with van der Waals surface area (Å²) in [6.07, 6.45) is 0.0705. The fourth-order valence-electron chi connectivity index (χ4n) is 1.68. The Morgan fingerprint density at radius 2 is 2.22 bits per heavy atom. The zero-order valence-electron chi connectivity index (χ0n) is 11.0. The topological polar surface area (TPSA) is 84.6 Å². The Morgan fingerprint density at radius 3 is 2.78 bits per heavy atom. The lowest BCUT2D eigenvalue weighted by Gasteiger charge is -2.15. The number of anilines is 2. The van der Waals surface area contributed by atoms with Crippen LogP contribution in [0.3, 0.4) is 0 Å². The minimum absolute atomic E-state index is 0.0705. The molecule has 0 aliphatic carbocycles. The Balaban J connectivity index is 2.81. The molecule has 4 N–H and O–H groups in total. The standard InChI is InChI=1S/C13H20N2O3/c1-4-18-9(3)7-15-10-5-8(2)12(14)11(6-10)13(16)17/h5-6,9,15H,4,7,14H2,1-3H3,(H,16,17). The van der Waals surface area contributed by atoms with Crippen LogP contribution < -0.4 is 11.1 Å². The van der Waals surface area contributed by atoms with Crippen molar-refractivity contribution in [2.24, 2.45) is 0 Å². The number of nitrogens with two attached hydrogens (primary N) is 1. The molecule has 1 aromatic carbocycles. The highest BCUT2D eigenvalue weighted by atomic mass is 16.5. The van der Waals surface area contributed by atoms with Gasteiger partial charge in [0.25, 0.3) is 0 Å². The number of ether oxygens (including phenoxy) is 1. The van der Waals surface area contributed by atoms with Gasteiger partial charge in [-0.1, -0.05) is 0 Å². The molecule has 1 unspecified atom stereocenters. The van der Waals surface area contributed by atoms with E-state index < -0.39 is 5.97 Å². The van der Waals surface area contributed by atoms with Gasteiger partial charge in [-0.2, -0.15) is 0 Å². The molecule has 0 saturated heterocycles. The van der Waals surface area contributed by atoms with Crippen LogP contribution in [-0.2, 0) is 4.74 Å². The Bertz CT molecular complexity index is 432. The molecule has 18 heavy (non-hydrogen) atoms. The molecule has 0 aliphatic heterocycles. The molecule has 5 nitrogen and oxygen atoms in total. The van der Waals surface area contributed by atoms with Crippen molar-refractivity contribution in [1.29, 1.82) is 0 Å². The van der Waals surface area contributed by atoms with Gasteiger partial charge in [-0.25, -0.2) is 4.79 Å². The van der Waals surface area contributed by atoms with Crippen molar-refractivity contribution >= 4 is 17.3 Å². The quantitative estimate of drug-likeness (QED) is 0.675. The van der Waals surface area contributed by atoms with E-state index >= 15 is 0 Å². The zero-order chi connectivity index (χ0) is 13.7. The lowest BCUT2D eigenvalue weighted by Crippen LogP contribution is -2.20. The predicted molar refractivity (Wildman–Crippen MR) is 72.1 cm³/mol. The first-order valence-electron chi connectivity index (χ1n) is 5.94. The second-order valence-corrected chi connectivity index (χ2v) is 4.21. The summed E-state index contributed by atoms with van der Waals surface area (Å²) in [4.78, 5) is 11.0. The molecule has 1 atom stereocenters. The molecule has 0 spiro atoms. The Hall–Kier alpha value is -1.75. The van der Waals surface area contributed by atoms with E-state index in [0.717, 1.165) is 11.3 Å². The molecule has 0 aromatic heterocycles. The van der Waals surface area contributed by atoms with Crippen molar-refractivity contribution in [3.05, 3.63) is 23.3 Å². The van der Waals surface area contributed by atoms with Crippen molar-refractivity contribution in [2.75, 3.05) is 24.2 Å². The normalized spacial score (nSPS) is 12.2. The van der Waals surface area contributed by atoms with Crippen LogP contribution in [-0.4, -0.2) is 30.3 Å². The lowest BCUT2D eigenvalue weighted by molar-refractivity contribution is 0.0698. The van der Waals surface area contributed by atoms with Gasteiger partial charge >= 0.3 is 5.97 Å². The fourth-order valence-corrected chi connectivity index (χ4v) is 1.68. The number of aromatic carboxylic acids is 1. The highest BCUT2D eigenvalue weighted by molar-refractivity contribution is 5.95. The first-order valence-corrected chi connectivity index (χ1v) is 5.94. The Morgan fingerprint density at radius 1 is 1.56 bits per heavy atom. The van der Waals surface area contributed by atoms with Crippen molar-refractivity contribution in [1.82, 2.24) is 0 Å². The van der Waals surface area contributed by atoms with E-state index in [2.05, 4.69) is 5.32 Å². The third kappa shape index (κ3) is 3.63. The maximum Gasteiger partial charge on any atom is 0.337 e. The van der Waals surface area contributed by atoms with Crippen LogP contribution in [0.1, 0.15) is 29.8 Å². The number of hydrogen-bond donors (Lipinski definition) is 3. The van der Waals surface area contributed by atoms with Gasteiger partial charge in [-0.05, 0) is 38.5 Å². The Labute approximate surface area is 107 Å². The van der Waals surface area contributed by atoms with E-state index in [1.54, 1.807) is 13.0 Å². The molecule has 0 heterocycles. The molecule has 0 fully saturated rings. The van der Waals surface area contributed by atoms with Gasteiger partial charge in [0, 0.05) is 24.5 Å². The van der Waals surface area contributed by atoms with Crippen molar-refractivity contribution < 1.29 is 14.6 Å². The predicted octanol–water partition coefficient (Wildman–Crippen LogP) is 2.11. The molecule has 0 amide bonds. The van der Waals surface area contributed by atoms with Crippen LogP contribution in [0.25, 0.3) is 0 Å². The van der Waals surface area contributed by atoms with E-state index in [0.29, 0.717) is 18.8 Å². The third-order valence-electron chi connectivity index (χ3n) is 2.66. The smallest absolute Gasteiger partial charge is 0.337 e. The molecule has 100 valence electrons. The number of carboxylic acid groups (broad SMARTS) is 1. The van der Waals surface area contributed by atoms with Crippen LogP contribution in [0, 0.1) is 6.92 Å².